The largest absolute Gasteiger partial charge is 0.496 e. The molecule has 2 saturated carbocycles. The van der Waals surface area contributed by atoms with Gasteiger partial charge in [0, 0.05) is 28.8 Å². The highest BCUT2D eigenvalue weighted by molar-refractivity contribution is 5.85. The van der Waals surface area contributed by atoms with Gasteiger partial charge < -0.3 is 25.1 Å². The molecule has 4 aromatic rings. The molecule has 1 aliphatic heterocycles. The molecule has 1 aromatic heterocycles. The summed E-state index contributed by atoms with van der Waals surface area (Å²) in [5, 5.41) is 10.9. The van der Waals surface area contributed by atoms with E-state index in [0.29, 0.717) is 42.7 Å². The number of hydrogen-bond acceptors (Lipinski definition) is 6. The zero-order valence-corrected chi connectivity index (χ0v) is 21.6. The fourth-order valence-electron chi connectivity index (χ4n) is 6.29. The first-order valence-corrected chi connectivity index (χ1v) is 13.1. The van der Waals surface area contributed by atoms with Gasteiger partial charge in [-0.05, 0) is 37.2 Å². The number of fused-ring (bicyclic) bond motifs is 3. The number of imidazole rings is 1. The van der Waals surface area contributed by atoms with Crippen molar-refractivity contribution < 1.29 is 19.3 Å². The third-order valence-corrected chi connectivity index (χ3v) is 8.40. The minimum Gasteiger partial charge on any atom is -0.496 e. The molecular formula is C31H31N3O4. The maximum absolute atomic E-state index is 10.9. The summed E-state index contributed by atoms with van der Waals surface area (Å²) in [5.41, 5.74) is 11.4. The molecule has 0 radical (unpaired) electrons. The minimum atomic E-state index is -0.591. The standard InChI is InChI=1S/C31H31N3O4/c1-36-23-14-24(37-2)26-25(15-23)38-18-34-28(20-6-4-3-5-7-20)27(33-29(26)34)19-8-10-21(11-9-19)30(32)16-31(35,17-30)22-12-13-22/h3-11,14-15,22,35H,12-13,16-18,32H2,1-2H3/t30-,31-. The van der Waals surface area contributed by atoms with Crippen molar-refractivity contribution in [3.05, 3.63) is 72.3 Å². The molecule has 2 heterocycles. The van der Waals surface area contributed by atoms with Crippen LogP contribution in [0.3, 0.4) is 0 Å². The molecule has 38 heavy (non-hydrogen) atoms. The summed E-state index contributed by atoms with van der Waals surface area (Å²) in [5.74, 6) is 3.20. The van der Waals surface area contributed by atoms with Crippen LogP contribution in [0.1, 0.15) is 31.2 Å². The molecule has 3 aliphatic rings. The van der Waals surface area contributed by atoms with Gasteiger partial charge in [0.15, 0.2) is 12.6 Å². The summed E-state index contributed by atoms with van der Waals surface area (Å²) in [6.45, 7) is 0.319. The average molecular weight is 510 g/mol. The Hall–Kier alpha value is -3.81. The van der Waals surface area contributed by atoms with Crippen molar-refractivity contribution in [3.8, 4) is 51.2 Å². The molecule has 3 N–H and O–H groups in total. The first-order valence-electron chi connectivity index (χ1n) is 13.1. The quantitative estimate of drug-likeness (QED) is 0.365. The molecule has 7 heteroatoms. The third-order valence-electron chi connectivity index (χ3n) is 8.40. The number of ether oxygens (including phenoxy) is 3. The Labute approximate surface area is 221 Å². The Morgan fingerprint density at radius 3 is 2.37 bits per heavy atom. The Bertz CT molecular complexity index is 1500. The van der Waals surface area contributed by atoms with Crippen LogP contribution in [0.2, 0.25) is 0 Å². The lowest BCUT2D eigenvalue weighted by atomic mass is 9.60. The first-order chi connectivity index (χ1) is 18.4. The van der Waals surface area contributed by atoms with Crippen LogP contribution >= 0.6 is 0 Å². The molecule has 0 amide bonds. The summed E-state index contributed by atoms with van der Waals surface area (Å²) in [6, 6.07) is 22.3. The molecule has 3 aromatic carbocycles. The van der Waals surface area contributed by atoms with E-state index in [4.69, 9.17) is 24.9 Å². The van der Waals surface area contributed by atoms with Gasteiger partial charge in [-0.1, -0.05) is 54.6 Å². The Balaban J connectivity index is 1.33. The van der Waals surface area contributed by atoms with E-state index >= 15 is 0 Å². The monoisotopic (exact) mass is 509 g/mol. The zero-order chi connectivity index (χ0) is 26.1. The predicted molar refractivity (Wildman–Crippen MR) is 145 cm³/mol. The van der Waals surface area contributed by atoms with Crippen molar-refractivity contribution in [2.75, 3.05) is 14.2 Å². The fourth-order valence-corrected chi connectivity index (χ4v) is 6.29. The molecule has 2 fully saturated rings. The molecule has 7 rings (SSSR count). The van der Waals surface area contributed by atoms with Crippen molar-refractivity contribution in [1.29, 1.82) is 0 Å². The van der Waals surface area contributed by atoms with Gasteiger partial charge in [-0.3, -0.25) is 4.57 Å². The topological polar surface area (TPSA) is 91.8 Å². The number of rotatable bonds is 6. The summed E-state index contributed by atoms with van der Waals surface area (Å²) in [4.78, 5) is 5.17. The minimum absolute atomic E-state index is 0.319. The summed E-state index contributed by atoms with van der Waals surface area (Å²) >= 11 is 0. The fraction of sp³-hybridized carbons (Fsp3) is 0.323. The highest BCUT2D eigenvalue weighted by Gasteiger charge is 2.58. The van der Waals surface area contributed by atoms with Crippen LogP contribution < -0.4 is 19.9 Å². The molecule has 194 valence electrons. The smallest absolute Gasteiger partial charge is 0.167 e. The van der Waals surface area contributed by atoms with Crippen LogP contribution in [-0.2, 0) is 12.3 Å². The highest BCUT2D eigenvalue weighted by atomic mass is 16.5. The molecule has 0 atom stereocenters. The van der Waals surface area contributed by atoms with Crippen molar-refractivity contribution in [1.82, 2.24) is 9.55 Å². The number of nitrogens with zero attached hydrogens (tertiary/aromatic N) is 2. The number of hydrogen-bond donors (Lipinski definition) is 2. The highest BCUT2D eigenvalue weighted by Crippen LogP contribution is 2.57. The SMILES string of the molecule is COc1cc(OC)c2c(c1)OCn1c-2nc(-c2ccc([C@]3(N)C[C@@](O)(C4CC4)C3)cc2)c1-c1ccccc1. The van der Waals surface area contributed by atoms with Gasteiger partial charge in [0.1, 0.15) is 22.8 Å². The number of aliphatic hydroxyl groups is 1. The maximum Gasteiger partial charge on any atom is 0.167 e. The normalized spacial score (nSPS) is 23.6. The van der Waals surface area contributed by atoms with E-state index in [1.54, 1.807) is 14.2 Å². The Morgan fingerprint density at radius 2 is 1.71 bits per heavy atom. The number of methoxy groups -OCH3 is 2. The summed E-state index contributed by atoms with van der Waals surface area (Å²) < 4.78 is 19.5. The van der Waals surface area contributed by atoms with Gasteiger partial charge in [0.25, 0.3) is 0 Å². The van der Waals surface area contributed by atoms with Crippen molar-refractivity contribution in [3.63, 3.8) is 0 Å². The van der Waals surface area contributed by atoms with Gasteiger partial charge in [-0.2, -0.15) is 0 Å². The molecule has 0 saturated heterocycles. The molecule has 2 aliphatic carbocycles. The first kappa shape index (κ1) is 23.3. The summed E-state index contributed by atoms with van der Waals surface area (Å²) in [7, 11) is 3.27. The van der Waals surface area contributed by atoms with Crippen molar-refractivity contribution >= 4 is 0 Å². The van der Waals surface area contributed by atoms with Crippen LogP contribution in [-0.4, -0.2) is 34.5 Å². The molecule has 0 unspecified atom stereocenters. The van der Waals surface area contributed by atoms with Gasteiger partial charge in [-0.25, -0.2) is 4.98 Å². The number of nitrogens with two attached hydrogens (primary N) is 1. The third kappa shape index (κ3) is 3.53. The van der Waals surface area contributed by atoms with Crippen LogP contribution in [0.15, 0.2) is 66.7 Å². The van der Waals surface area contributed by atoms with Crippen LogP contribution in [0, 0.1) is 5.92 Å². The second-order valence-electron chi connectivity index (χ2n) is 10.9. The lowest BCUT2D eigenvalue weighted by molar-refractivity contribution is -0.106. The Morgan fingerprint density at radius 1 is 0.974 bits per heavy atom. The van der Waals surface area contributed by atoms with Gasteiger partial charge in [0.2, 0.25) is 0 Å². The van der Waals surface area contributed by atoms with Crippen LogP contribution in [0.5, 0.6) is 17.2 Å². The van der Waals surface area contributed by atoms with E-state index in [1.165, 1.54) is 0 Å². The second-order valence-corrected chi connectivity index (χ2v) is 10.9. The summed E-state index contributed by atoms with van der Waals surface area (Å²) in [6.07, 6.45) is 3.47. The van der Waals surface area contributed by atoms with Crippen LogP contribution in [0.25, 0.3) is 33.9 Å². The molecule has 0 spiro atoms. The lowest BCUT2D eigenvalue weighted by Crippen LogP contribution is -2.60. The van der Waals surface area contributed by atoms with Gasteiger partial charge in [-0.15, -0.1) is 0 Å². The van der Waals surface area contributed by atoms with E-state index in [0.717, 1.165) is 52.3 Å². The van der Waals surface area contributed by atoms with Crippen molar-refractivity contribution in [2.24, 2.45) is 11.7 Å². The molecular weight excluding hydrogens is 478 g/mol. The van der Waals surface area contributed by atoms with E-state index in [-0.39, 0.29) is 0 Å². The van der Waals surface area contributed by atoms with E-state index in [2.05, 4.69) is 41.0 Å². The van der Waals surface area contributed by atoms with E-state index in [1.807, 2.05) is 30.3 Å². The van der Waals surface area contributed by atoms with Crippen molar-refractivity contribution in [2.45, 2.75) is 43.6 Å². The molecule has 0 bridgehead atoms. The van der Waals surface area contributed by atoms with Gasteiger partial charge >= 0.3 is 0 Å². The maximum atomic E-state index is 10.9. The zero-order valence-electron chi connectivity index (χ0n) is 21.6. The van der Waals surface area contributed by atoms with Gasteiger partial charge in [0.05, 0.1) is 31.2 Å². The Kier molecular flexibility index (Phi) is 5.12. The average Bonchev–Trinajstić information content (AvgIpc) is 3.72. The molecule has 7 nitrogen and oxygen atoms in total. The number of aromatic nitrogens is 2. The van der Waals surface area contributed by atoms with Crippen LogP contribution in [0.4, 0.5) is 0 Å². The van der Waals surface area contributed by atoms with E-state index in [9.17, 15) is 5.11 Å². The second kappa shape index (κ2) is 8.35. The van der Waals surface area contributed by atoms with E-state index < -0.39 is 11.1 Å². The predicted octanol–water partition coefficient (Wildman–Crippen LogP) is 5.34. The number of benzene rings is 3. The lowest BCUT2D eigenvalue weighted by Gasteiger charge is -2.52.